The molecule has 1 aromatic carbocycles. The van der Waals surface area contributed by atoms with Crippen molar-refractivity contribution >= 4 is 5.91 Å². The van der Waals surface area contributed by atoms with Crippen molar-refractivity contribution in [2.45, 2.75) is 37.8 Å². The van der Waals surface area contributed by atoms with Crippen molar-refractivity contribution in [2.24, 2.45) is 0 Å². The van der Waals surface area contributed by atoms with Crippen LogP contribution in [0.4, 0.5) is 8.78 Å². The van der Waals surface area contributed by atoms with Crippen LogP contribution in [-0.4, -0.2) is 33.5 Å². The van der Waals surface area contributed by atoms with Crippen molar-refractivity contribution in [3.05, 3.63) is 65.5 Å². The van der Waals surface area contributed by atoms with Crippen LogP contribution in [0.2, 0.25) is 0 Å². The fourth-order valence-corrected chi connectivity index (χ4v) is 3.26. The highest BCUT2D eigenvalue weighted by Gasteiger charge is 2.36. The summed E-state index contributed by atoms with van der Waals surface area (Å²) in [5, 5.41) is 9.92. The van der Waals surface area contributed by atoms with Gasteiger partial charge < -0.3 is 10.0 Å². The zero-order valence-electron chi connectivity index (χ0n) is 13.7. The molecule has 1 aliphatic rings. The quantitative estimate of drug-likeness (QED) is 0.905. The minimum Gasteiger partial charge on any atom is -0.391 e. The lowest BCUT2D eigenvalue weighted by Gasteiger charge is -2.25. The number of hydrogen-bond acceptors (Lipinski definition) is 3. The summed E-state index contributed by atoms with van der Waals surface area (Å²) in [5.41, 5.74) is 1.03. The van der Waals surface area contributed by atoms with E-state index in [2.05, 4.69) is 4.98 Å². The van der Waals surface area contributed by atoms with Gasteiger partial charge in [0.25, 0.3) is 0 Å². The van der Waals surface area contributed by atoms with Crippen molar-refractivity contribution in [3.8, 4) is 0 Å². The summed E-state index contributed by atoms with van der Waals surface area (Å²) in [6.45, 7) is 0.142. The number of rotatable bonds is 5. The molecule has 25 heavy (non-hydrogen) atoms. The molecule has 6 heteroatoms. The normalized spacial score (nSPS) is 20.0. The third-order valence-corrected chi connectivity index (χ3v) is 4.47. The first-order chi connectivity index (χ1) is 12.0. The van der Waals surface area contributed by atoms with E-state index in [-0.39, 0.29) is 30.9 Å². The predicted octanol–water partition coefficient (Wildman–Crippen LogP) is 3.02. The smallest absolute Gasteiger partial charge is 0.223 e. The van der Waals surface area contributed by atoms with Crippen LogP contribution in [0.5, 0.6) is 0 Å². The molecule has 2 unspecified atom stereocenters. The number of β-amino-alcohol motifs (C(OH)–C–C–N with tert-alkyl or cyclic N) is 1. The monoisotopic (exact) mass is 346 g/mol. The fraction of sp³-hybridized carbons (Fsp3) is 0.368. The summed E-state index contributed by atoms with van der Waals surface area (Å²) >= 11 is 0. The lowest BCUT2D eigenvalue weighted by molar-refractivity contribution is -0.132. The van der Waals surface area contributed by atoms with Gasteiger partial charge in [-0.3, -0.25) is 9.78 Å². The lowest BCUT2D eigenvalue weighted by atomic mass is 10.0. The average molecular weight is 346 g/mol. The first kappa shape index (κ1) is 17.5. The molecule has 1 saturated heterocycles. The Morgan fingerprint density at radius 2 is 2.12 bits per heavy atom. The molecule has 1 aliphatic heterocycles. The Balaban J connectivity index is 1.66. The lowest BCUT2D eigenvalue weighted by Crippen LogP contribution is -2.32. The third kappa shape index (κ3) is 4.20. The van der Waals surface area contributed by atoms with Crippen LogP contribution in [0.3, 0.4) is 0 Å². The standard InChI is InChI=1S/C19H20F2N2O2/c20-13-7-8-17(21)16(10-13)18-11-15(24)12-23(18)19(25)6-3-5-14-4-1-2-9-22-14/h1-2,4,7-10,15,18,24H,3,5-6,11-12H2. The van der Waals surface area contributed by atoms with Gasteiger partial charge in [-0.2, -0.15) is 0 Å². The van der Waals surface area contributed by atoms with Gasteiger partial charge in [0, 0.05) is 30.4 Å². The molecule has 0 saturated carbocycles. The van der Waals surface area contributed by atoms with Crippen LogP contribution in [0.15, 0.2) is 42.6 Å². The number of pyridine rings is 1. The first-order valence-electron chi connectivity index (χ1n) is 8.37. The molecule has 0 aliphatic carbocycles. The fourth-order valence-electron chi connectivity index (χ4n) is 3.26. The number of carbonyl (C=O) groups is 1. The molecule has 4 nitrogen and oxygen atoms in total. The second-order valence-corrected chi connectivity index (χ2v) is 6.29. The van der Waals surface area contributed by atoms with Crippen LogP contribution >= 0.6 is 0 Å². The maximum atomic E-state index is 14.1. The molecule has 0 radical (unpaired) electrons. The van der Waals surface area contributed by atoms with E-state index < -0.39 is 23.8 Å². The zero-order chi connectivity index (χ0) is 17.8. The summed E-state index contributed by atoms with van der Waals surface area (Å²) in [6, 6.07) is 8.19. The topological polar surface area (TPSA) is 53.4 Å². The number of amides is 1. The molecular weight excluding hydrogens is 326 g/mol. The maximum Gasteiger partial charge on any atom is 0.223 e. The SMILES string of the molecule is O=C(CCCc1ccccn1)N1CC(O)CC1c1cc(F)ccc1F. The summed E-state index contributed by atoms with van der Waals surface area (Å²) < 4.78 is 27.5. The average Bonchev–Trinajstić information content (AvgIpc) is 2.99. The third-order valence-electron chi connectivity index (χ3n) is 4.47. The molecule has 0 bridgehead atoms. The van der Waals surface area contributed by atoms with Gasteiger partial charge in [0.1, 0.15) is 11.6 Å². The van der Waals surface area contributed by atoms with E-state index in [1.807, 2.05) is 18.2 Å². The predicted molar refractivity (Wildman–Crippen MR) is 88.6 cm³/mol. The highest BCUT2D eigenvalue weighted by molar-refractivity contribution is 5.77. The largest absolute Gasteiger partial charge is 0.391 e. The molecule has 3 rings (SSSR count). The highest BCUT2D eigenvalue weighted by Crippen LogP contribution is 2.34. The summed E-state index contributed by atoms with van der Waals surface area (Å²) in [6.07, 6.45) is 2.75. The van der Waals surface area contributed by atoms with Gasteiger partial charge in [0.2, 0.25) is 5.91 Å². The van der Waals surface area contributed by atoms with Crippen LogP contribution in [0, 0.1) is 11.6 Å². The Morgan fingerprint density at radius 3 is 2.88 bits per heavy atom. The minimum absolute atomic E-state index is 0.120. The molecule has 132 valence electrons. The number of carbonyl (C=O) groups excluding carboxylic acids is 1. The Labute approximate surface area is 145 Å². The van der Waals surface area contributed by atoms with Gasteiger partial charge in [-0.25, -0.2) is 8.78 Å². The molecule has 0 spiro atoms. The molecule has 2 heterocycles. The Hall–Kier alpha value is -2.34. The molecule has 1 fully saturated rings. The molecule has 1 aromatic heterocycles. The van der Waals surface area contributed by atoms with Crippen molar-refractivity contribution < 1.29 is 18.7 Å². The number of aliphatic hydroxyl groups is 1. The molecular formula is C19H20F2N2O2. The first-order valence-corrected chi connectivity index (χ1v) is 8.37. The van der Waals surface area contributed by atoms with E-state index in [0.717, 1.165) is 23.9 Å². The summed E-state index contributed by atoms with van der Waals surface area (Å²) in [7, 11) is 0. The number of hydrogen-bond donors (Lipinski definition) is 1. The van der Waals surface area contributed by atoms with Gasteiger partial charge >= 0.3 is 0 Å². The van der Waals surface area contributed by atoms with Crippen LogP contribution in [-0.2, 0) is 11.2 Å². The number of nitrogens with zero attached hydrogens (tertiary/aromatic N) is 2. The number of aryl methyl sites for hydroxylation is 1. The van der Waals surface area contributed by atoms with Gasteiger partial charge in [0.05, 0.1) is 12.1 Å². The summed E-state index contributed by atoms with van der Waals surface area (Å²) in [5.74, 6) is -1.28. The number of aliphatic hydroxyl groups excluding tert-OH is 1. The van der Waals surface area contributed by atoms with Crippen molar-refractivity contribution in [2.75, 3.05) is 6.54 Å². The number of likely N-dealkylation sites (tertiary alicyclic amines) is 1. The van der Waals surface area contributed by atoms with E-state index >= 15 is 0 Å². The second kappa shape index (κ2) is 7.70. The van der Waals surface area contributed by atoms with Gasteiger partial charge in [-0.1, -0.05) is 6.07 Å². The van der Waals surface area contributed by atoms with Crippen LogP contribution in [0.1, 0.15) is 36.6 Å². The van der Waals surface area contributed by atoms with E-state index in [1.54, 1.807) is 6.20 Å². The van der Waals surface area contributed by atoms with E-state index in [4.69, 9.17) is 0 Å². The second-order valence-electron chi connectivity index (χ2n) is 6.29. The van der Waals surface area contributed by atoms with E-state index in [1.165, 1.54) is 4.90 Å². The number of aromatic nitrogens is 1. The van der Waals surface area contributed by atoms with Crippen molar-refractivity contribution in [1.82, 2.24) is 9.88 Å². The van der Waals surface area contributed by atoms with Crippen molar-refractivity contribution in [1.29, 1.82) is 0 Å². The van der Waals surface area contributed by atoms with E-state index in [9.17, 15) is 18.7 Å². The van der Waals surface area contributed by atoms with Crippen LogP contribution < -0.4 is 0 Å². The Bertz CT molecular complexity index is 739. The number of benzene rings is 1. The maximum absolute atomic E-state index is 14.1. The Morgan fingerprint density at radius 1 is 1.28 bits per heavy atom. The minimum atomic E-state index is -0.729. The highest BCUT2D eigenvalue weighted by atomic mass is 19.1. The van der Waals surface area contributed by atoms with Crippen molar-refractivity contribution in [3.63, 3.8) is 0 Å². The van der Waals surface area contributed by atoms with Gasteiger partial charge in [-0.15, -0.1) is 0 Å². The molecule has 1 N–H and O–H groups in total. The van der Waals surface area contributed by atoms with Gasteiger partial charge in [0.15, 0.2) is 0 Å². The Kier molecular flexibility index (Phi) is 5.38. The zero-order valence-corrected chi connectivity index (χ0v) is 13.7. The van der Waals surface area contributed by atoms with Crippen LogP contribution in [0.25, 0.3) is 0 Å². The number of halogens is 2. The summed E-state index contributed by atoms with van der Waals surface area (Å²) in [4.78, 5) is 18.2. The molecule has 2 aromatic rings. The van der Waals surface area contributed by atoms with Gasteiger partial charge in [-0.05, 0) is 49.6 Å². The van der Waals surface area contributed by atoms with E-state index in [0.29, 0.717) is 12.8 Å². The molecule has 1 amide bonds. The molecule has 2 atom stereocenters.